The summed E-state index contributed by atoms with van der Waals surface area (Å²) < 4.78 is 0. The Morgan fingerprint density at radius 2 is 2.00 bits per heavy atom. The number of hydrogen-bond acceptors (Lipinski definition) is 1. The molecule has 1 saturated carbocycles. The van der Waals surface area contributed by atoms with Crippen LogP contribution in [0.1, 0.15) is 42.7 Å². The highest BCUT2D eigenvalue weighted by atomic mass is 16.3. The van der Waals surface area contributed by atoms with E-state index in [1.54, 1.807) is 11.1 Å². The van der Waals surface area contributed by atoms with E-state index in [9.17, 15) is 5.11 Å². The molecule has 0 spiro atoms. The molecule has 1 aromatic carbocycles. The van der Waals surface area contributed by atoms with Crippen LogP contribution < -0.4 is 0 Å². The minimum atomic E-state index is 0.405. The van der Waals surface area contributed by atoms with Crippen LogP contribution in [0.15, 0.2) is 41.5 Å². The second-order valence-corrected chi connectivity index (χ2v) is 5.79. The summed E-state index contributed by atoms with van der Waals surface area (Å²) in [5, 5.41) is 9.60. The molecule has 1 heteroatoms. The molecule has 0 aromatic heterocycles. The van der Waals surface area contributed by atoms with Crippen molar-refractivity contribution in [3.63, 3.8) is 0 Å². The van der Waals surface area contributed by atoms with E-state index in [4.69, 9.17) is 0 Å². The lowest BCUT2D eigenvalue weighted by molar-refractivity contribution is 0.472. The number of phenols is 1. The average molecular weight is 238 g/mol. The lowest BCUT2D eigenvalue weighted by Gasteiger charge is -2.36. The Bertz CT molecular complexity index is 565. The van der Waals surface area contributed by atoms with Crippen molar-refractivity contribution in [2.24, 2.45) is 5.92 Å². The molecule has 3 aliphatic carbocycles. The van der Waals surface area contributed by atoms with Crippen LogP contribution in [0.4, 0.5) is 0 Å². The Balaban J connectivity index is 1.78. The first-order valence-electron chi connectivity index (χ1n) is 7.03. The first-order valence-corrected chi connectivity index (χ1v) is 7.03. The van der Waals surface area contributed by atoms with Gasteiger partial charge in [-0.15, -0.1) is 0 Å². The van der Waals surface area contributed by atoms with E-state index in [0.29, 0.717) is 11.7 Å². The largest absolute Gasteiger partial charge is 0.508 e. The maximum Gasteiger partial charge on any atom is 0.115 e. The van der Waals surface area contributed by atoms with Crippen molar-refractivity contribution in [2.45, 2.75) is 38.0 Å². The number of benzene rings is 1. The van der Waals surface area contributed by atoms with Crippen LogP contribution in [0.5, 0.6) is 5.75 Å². The summed E-state index contributed by atoms with van der Waals surface area (Å²) in [4.78, 5) is 0. The van der Waals surface area contributed by atoms with E-state index in [1.807, 2.05) is 12.1 Å². The standard InChI is InChI=1S/C17H18O/c18-13-6-9-15-12(10-13)5-8-16-14-3-1-2-11(14)4-7-17(15)16/h2,6,8-10,14,17-18H,1,3-5,7H2. The highest BCUT2D eigenvalue weighted by molar-refractivity contribution is 5.49. The number of hydrogen-bond donors (Lipinski definition) is 1. The summed E-state index contributed by atoms with van der Waals surface area (Å²) in [5.41, 5.74) is 6.16. The van der Waals surface area contributed by atoms with Gasteiger partial charge in [0.15, 0.2) is 0 Å². The minimum absolute atomic E-state index is 0.405. The van der Waals surface area contributed by atoms with Gasteiger partial charge in [-0.05, 0) is 55.4 Å². The van der Waals surface area contributed by atoms with Gasteiger partial charge in [0, 0.05) is 11.8 Å². The molecular formula is C17H18O. The lowest BCUT2D eigenvalue weighted by atomic mass is 9.68. The Hall–Kier alpha value is -1.50. The van der Waals surface area contributed by atoms with Crippen molar-refractivity contribution in [1.82, 2.24) is 0 Å². The van der Waals surface area contributed by atoms with Crippen molar-refractivity contribution in [2.75, 3.05) is 0 Å². The van der Waals surface area contributed by atoms with Crippen LogP contribution >= 0.6 is 0 Å². The number of phenolic OH excluding ortho intramolecular Hbond substituents is 1. The van der Waals surface area contributed by atoms with Gasteiger partial charge >= 0.3 is 0 Å². The fourth-order valence-electron chi connectivity index (χ4n) is 4.10. The zero-order chi connectivity index (χ0) is 12.1. The minimum Gasteiger partial charge on any atom is -0.508 e. The van der Waals surface area contributed by atoms with Crippen LogP contribution in [0, 0.1) is 5.92 Å². The van der Waals surface area contributed by atoms with Crippen molar-refractivity contribution in [3.8, 4) is 5.75 Å². The van der Waals surface area contributed by atoms with Gasteiger partial charge in [0.1, 0.15) is 5.75 Å². The topological polar surface area (TPSA) is 20.2 Å². The molecule has 1 aromatic rings. The van der Waals surface area contributed by atoms with E-state index < -0.39 is 0 Å². The molecule has 3 aliphatic rings. The third-order valence-electron chi connectivity index (χ3n) is 4.90. The quantitative estimate of drug-likeness (QED) is 0.675. The molecule has 1 N–H and O–H groups in total. The predicted octanol–water partition coefficient (Wildman–Crippen LogP) is 4.09. The van der Waals surface area contributed by atoms with Crippen LogP contribution in [0.25, 0.3) is 0 Å². The molecule has 2 unspecified atom stereocenters. The molecule has 2 atom stereocenters. The summed E-state index contributed by atoms with van der Waals surface area (Å²) in [7, 11) is 0. The second-order valence-electron chi connectivity index (χ2n) is 5.79. The Morgan fingerprint density at radius 3 is 2.94 bits per heavy atom. The van der Waals surface area contributed by atoms with Crippen molar-refractivity contribution >= 4 is 0 Å². The number of aromatic hydroxyl groups is 1. The number of fused-ring (bicyclic) bond motifs is 5. The van der Waals surface area contributed by atoms with Crippen molar-refractivity contribution in [3.05, 3.63) is 52.6 Å². The van der Waals surface area contributed by atoms with Gasteiger partial charge < -0.3 is 5.11 Å². The van der Waals surface area contributed by atoms with Gasteiger partial charge in [0.2, 0.25) is 0 Å². The predicted molar refractivity (Wildman–Crippen MR) is 72.7 cm³/mol. The Morgan fingerprint density at radius 1 is 1.06 bits per heavy atom. The maximum atomic E-state index is 9.60. The molecule has 92 valence electrons. The zero-order valence-electron chi connectivity index (χ0n) is 10.5. The normalized spacial score (nSPS) is 28.9. The summed E-state index contributed by atoms with van der Waals surface area (Å²) in [6.07, 6.45) is 11.0. The van der Waals surface area contributed by atoms with Gasteiger partial charge in [0.25, 0.3) is 0 Å². The van der Waals surface area contributed by atoms with E-state index >= 15 is 0 Å². The van der Waals surface area contributed by atoms with E-state index in [1.165, 1.54) is 36.8 Å². The molecule has 18 heavy (non-hydrogen) atoms. The lowest BCUT2D eigenvalue weighted by Crippen LogP contribution is -2.22. The molecule has 0 amide bonds. The second kappa shape index (κ2) is 3.74. The number of allylic oxidation sites excluding steroid dienone is 4. The SMILES string of the molecule is Oc1ccc2c(c1)CC=C1C3CCC=C3CCC12. The van der Waals surface area contributed by atoms with E-state index in [2.05, 4.69) is 18.2 Å². The maximum absolute atomic E-state index is 9.60. The van der Waals surface area contributed by atoms with Crippen LogP contribution in [0.3, 0.4) is 0 Å². The van der Waals surface area contributed by atoms with Crippen molar-refractivity contribution in [1.29, 1.82) is 0 Å². The van der Waals surface area contributed by atoms with Gasteiger partial charge in [0.05, 0.1) is 0 Å². The Labute approximate surface area is 108 Å². The van der Waals surface area contributed by atoms with Crippen LogP contribution in [0.2, 0.25) is 0 Å². The van der Waals surface area contributed by atoms with Crippen LogP contribution in [-0.4, -0.2) is 5.11 Å². The molecule has 0 saturated heterocycles. The molecule has 4 rings (SSSR count). The molecule has 1 nitrogen and oxygen atoms in total. The van der Waals surface area contributed by atoms with Gasteiger partial charge in [-0.25, -0.2) is 0 Å². The first kappa shape index (κ1) is 10.4. The van der Waals surface area contributed by atoms with Crippen LogP contribution in [-0.2, 0) is 6.42 Å². The third kappa shape index (κ3) is 1.40. The van der Waals surface area contributed by atoms with Crippen molar-refractivity contribution < 1.29 is 5.11 Å². The Kier molecular flexibility index (Phi) is 2.17. The third-order valence-corrected chi connectivity index (χ3v) is 4.90. The summed E-state index contributed by atoms with van der Waals surface area (Å²) in [6.45, 7) is 0. The highest BCUT2D eigenvalue weighted by Gasteiger charge is 2.35. The van der Waals surface area contributed by atoms with Gasteiger partial charge in [-0.3, -0.25) is 0 Å². The highest BCUT2D eigenvalue weighted by Crippen LogP contribution is 2.50. The smallest absolute Gasteiger partial charge is 0.115 e. The summed E-state index contributed by atoms with van der Waals surface area (Å²) in [6, 6.07) is 5.94. The molecule has 0 aliphatic heterocycles. The van der Waals surface area contributed by atoms with Gasteiger partial charge in [-0.2, -0.15) is 0 Å². The molecule has 0 heterocycles. The molecular weight excluding hydrogens is 220 g/mol. The molecule has 1 fully saturated rings. The fraction of sp³-hybridized carbons (Fsp3) is 0.412. The average Bonchev–Trinajstić information content (AvgIpc) is 2.86. The summed E-state index contributed by atoms with van der Waals surface area (Å²) in [5.74, 6) is 1.77. The molecule has 0 radical (unpaired) electrons. The molecule has 0 bridgehead atoms. The zero-order valence-corrected chi connectivity index (χ0v) is 10.5. The first-order chi connectivity index (χ1) is 8.83. The summed E-state index contributed by atoms with van der Waals surface area (Å²) >= 11 is 0. The van der Waals surface area contributed by atoms with E-state index in [0.717, 1.165) is 12.3 Å². The van der Waals surface area contributed by atoms with E-state index in [-0.39, 0.29) is 0 Å². The monoisotopic (exact) mass is 238 g/mol. The number of rotatable bonds is 0. The van der Waals surface area contributed by atoms with Gasteiger partial charge in [-0.1, -0.05) is 29.4 Å². The fourth-order valence-corrected chi connectivity index (χ4v) is 4.10.